The third-order valence-corrected chi connectivity index (χ3v) is 3.67. The Balaban J connectivity index is 2.11. The van der Waals surface area contributed by atoms with Crippen LogP contribution in [0.2, 0.25) is 0 Å². The van der Waals surface area contributed by atoms with Gasteiger partial charge < -0.3 is 15.2 Å². The molecule has 5 nitrogen and oxygen atoms in total. The highest BCUT2D eigenvalue weighted by Gasteiger charge is 2.17. The Labute approximate surface area is 114 Å². The van der Waals surface area contributed by atoms with Crippen molar-refractivity contribution in [2.75, 3.05) is 24.5 Å². The number of anilines is 1. The lowest BCUT2D eigenvalue weighted by atomic mass is 10.0. The van der Waals surface area contributed by atoms with Crippen LogP contribution in [0.4, 0.5) is 5.82 Å². The van der Waals surface area contributed by atoms with E-state index in [1.165, 1.54) is 19.3 Å². The molecule has 0 bridgehead atoms. The standard InChI is InChI=1S/C14H24N4O/c1-3-12-16-13(9-14(19)17-12)18(4-2)10-11-7-5-6-8-15-11/h9,11,15H,3-8,10H2,1-2H3,(H,16,17,19). The van der Waals surface area contributed by atoms with Crippen molar-refractivity contribution < 1.29 is 0 Å². The zero-order valence-corrected chi connectivity index (χ0v) is 11.9. The molecule has 5 heteroatoms. The van der Waals surface area contributed by atoms with Crippen LogP contribution < -0.4 is 15.8 Å². The summed E-state index contributed by atoms with van der Waals surface area (Å²) in [5.41, 5.74) is -0.0584. The van der Waals surface area contributed by atoms with E-state index >= 15 is 0 Å². The highest BCUT2D eigenvalue weighted by molar-refractivity contribution is 5.37. The highest BCUT2D eigenvalue weighted by atomic mass is 16.1. The molecule has 2 rings (SSSR count). The molecular formula is C14H24N4O. The van der Waals surface area contributed by atoms with Crippen LogP contribution in [-0.4, -0.2) is 35.6 Å². The first-order valence-corrected chi connectivity index (χ1v) is 7.31. The van der Waals surface area contributed by atoms with Crippen LogP contribution in [0.1, 0.15) is 38.9 Å². The average Bonchev–Trinajstić information content (AvgIpc) is 2.45. The fourth-order valence-electron chi connectivity index (χ4n) is 2.55. The van der Waals surface area contributed by atoms with Crippen molar-refractivity contribution in [3.63, 3.8) is 0 Å². The van der Waals surface area contributed by atoms with Crippen molar-refractivity contribution in [1.82, 2.24) is 15.3 Å². The Bertz CT molecular complexity index is 451. The summed E-state index contributed by atoms with van der Waals surface area (Å²) in [6.45, 7) is 7.01. The summed E-state index contributed by atoms with van der Waals surface area (Å²) < 4.78 is 0. The summed E-state index contributed by atoms with van der Waals surface area (Å²) >= 11 is 0. The summed E-state index contributed by atoms with van der Waals surface area (Å²) in [5, 5.41) is 3.54. The smallest absolute Gasteiger partial charge is 0.252 e. The van der Waals surface area contributed by atoms with Gasteiger partial charge in [0.05, 0.1) is 0 Å². The molecular weight excluding hydrogens is 240 g/mol. The maximum Gasteiger partial charge on any atom is 0.252 e. The Morgan fingerprint density at radius 2 is 2.26 bits per heavy atom. The lowest BCUT2D eigenvalue weighted by molar-refractivity contribution is 0.399. The maximum absolute atomic E-state index is 11.6. The first-order valence-electron chi connectivity index (χ1n) is 7.31. The van der Waals surface area contributed by atoms with Gasteiger partial charge in [0.15, 0.2) is 0 Å². The van der Waals surface area contributed by atoms with Crippen molar-refractivity contribution >= 4 is 5.82 Å². The minimum absolute atomic E-state index is 0.0584. The molecule has 1 aromatic rings. The number of hydrogen-bond acceptors (Lipinski definition) is 4. The van der Waals surface area contributed by atoms with Gasteiger partial charge in [-0.05, 0) is 26.3 Å². The quantitative estimate of drug-likeness (QED) is 0.841. The topological polar surface area (TPSA) is 61.0 Å². The van der Waals surface area contributed by atoms with Gasteiger partial charge >= 0.3 is 0 Å². The number of likely N-dealkylation sites (N-methyl/N-ethyl adjacent to an activating group) is 1. The Morgan fingerprint density at radius 3 is 2.89 bits per heavy atom. The van der Waals surface area contributed by atoms with Crippen molar-refractivity contribution in [3.05, 3.63) is 22.2 Å². The van der Waals surface area contributed by atoms with Crippen LogP contribution in [0.5, 0.6) is 0 Å². The molecule has 0 amide bonds. The van der Waals surface area contributed by atoms with Gasteiger partial charge in [0.1, 0.15) is 11.6 Å². The fourth-order valence-corrected chi connectivity index (χ4v) is 2.55. The van der Waals surface area contributed by atoms with E-state index in [0.717, 1.165) is 37.7 Å². The number of aromatic nitrogens is 2. The average molecular weight is 264 g/mol. The number of piperidine rings is 1. The normalized spacial score (nSPS) is 19.4. The molecule has 19 heavy (non-hydrogen) atoms. The Morgan fingerprint density at radius 1 is 1.42 bits per heavy atom. The fraction of sp³-hybridized carbons (Fsp3) is 0.714. The molecule has 0 radical (unpaired) electrons. The van der Waals surface area contributed by atoms with Crippen molar-refractivity contribution in [3.8, 4) is 0 Å². The predicted octanol–water partition coefficient (Wildman–Crippen LogP) is 1.30. The SMILES string of the molecule is CCc1nc(N(CC)CC2CCCCN2)cc(=O)[nH]1. The van der Waals surface area contributed by atoms with Crippen LogP contribution in [0.15, 0.2) is 10.9 Å². The van der Waals surface area contributed by atoms with E-state index in [2.05, 4.69) is 27.1 Å². The lowest BCUT2D eigenvalue weighted by Crippen LogP contribution is -2.44. The number of hydrogen-bond donors (Lipinski definition) is 2. The number of rotatable bonds is 5. The maximum atomic E-state index is 11.6. The highest BCUT2D eigenvalue weighted by Crippen LogP contribution is 2.13. The first-order chi connectivity index (χ1) is 9.22. The third-order valence-electron chi connectivity index (χ3n) is 3.67. The molecule has 1 aliphatic heterocycles. The summed E-state index contributed by atoms with van der Waals surface area (Å²) in [6, 6.07) is 2.12. The van der Waals surface area contributed by atoms with E-state index in [4.69, 9.17) is 0 Å². The van der Waals surface area contributed by atoms with Gasteiger partial charge in [0, 0.05) is 31.6 Å². The van der Waals surface area contributed by atoms with Crippen LogP contribution in [-0.2, 0) is 6.42 Å². The minimum atomic E-state index is -0.0584. The molecule has 1 aliphatic rings. The monoisotopic (exact) mass is 264 g/mol. The van der Waals surface area contributed by atoms with E-state index in [1.54, 1.807) is 6.07 Å². The number of nitrogens with one attached hydrogen (secondary N) is 2. The van der Waals surface area contributed by atoms with Gasteiger partial charge in [-0.1, -0.05) is 13.3 Å². The lowest BCUT2D eigenvalue weighted by Gasteiger charge is -2.30. The van der Waals surface area contributed by atoms with Crippen LogP contribution >= 0.6 is 0 Å². The summed E-state index contributed by atoms with van der Waals surface area (Å²) in [7, 11) is 0. The second kappa shape index (κ2) is 6.70. The second-order valence-electron chi connectivity index (χ2n) is 5.09. The van der Waals surface area contributed by atoms with E-state index in [9.17, 15) is 4.79 Å². The van der Waals surface area contributed by atoms with E-state index in [1.807, 2.05) is 6.92 Å². The minimum Gasteiger partial charge on any atom is -0.355 e. The zero-order valence-electron chi connectivity index (χ0n) is 11.9. The van der Waals surface area contributed by atoms with Crippen molar-refractivity contribution in [1.29, 1.82) is 0 Å². The van der Waals surface area contributed by atoms with Gasteiger partial charge in [-0.3, -0.25) is 4.79 Å². The molecule has 1 atom stereocenters. The Kier molecular flexibility index (Phi) is 4.96. The molecule has 0 aliphatic carbocycles. The molecule has 2 N–H and O–H groups in total. The molecule has 1 unspecified atom stereocenters. The van der Waals surface area contributed by atoms with Crippen LogP contribution in [0, 0.1) is 0 Å². The molecule has 0 saturated carbocycles. The van der Waals surface area contributed by atoms with Crippen molar-refractivity contribution in [2.24, 2.45) is 0 Å². The van der Waals surface area contributed by atoms with E-state index in [0.29, 0.717) is 6.04 Å². The molecule has 1 saturated heterocycles. The molecule has 2 heterocycles. The van der Waals surface area contributed by atoms with Crippen LogP contribution in [0.25, 0.3) is 0 Å². The number of H-pyrrole nitrogens is 1. The largest absolute Gasteiger partial charge is 0.355 e. The van der Waals surface area contributed by atoms with Gasteiger partial charge in [-0.15, -0.1) is 0 Å². The third kappa shape index (κ3) is 3.80. The summed E-state index contributed by atoms with van der Waals surface area (Å²) in [5.74, 6) is 1.56. The molecule has 0 spiro atoms. The van der Waals surface area contributed by atoms with E-state index < -0.39 is 0 Å². The molecule has 1 fully saturated rings. The predicted molar refractivity (Wildman–Crippen MR) is 77.8 cm³/mol. The van der Waals surface area contributed by atoms with Gasteiger partial charge in [-0.2, -0.15) is 0 Å². The zero-order chi connectivity index (χ0) is 13.7. The van der Waals surface area contributed by atoms with Gasteiger partial charge in [-0.25, -0.2) is 4.98 Å². The summed E-state index contributed by atoms with van der Waals surface area (Å²) in [4.78, 5) is 21.1. The Hall–Kier alpha value is -1.36. The molecule has 106 valence electrons. The first kappa shape index (κ1) is 14.1. The summed E-state index contributed by atoms with van der Waals surface area (Å²) in [6.07, 6.45) is 4.52. The van der Waals surface area contributed by atoms with E-state index in [-0.39, 0.29) is 5.56 Å². The molecule has 0 aromatic carbocycles. The number of aromatic amines is 1. The van der Waals surface area contributed by atoms with Gasteiger partial charge in [0.25, 0.3) is 5.56 Å². The molecule has 1 aromatic heterocycles. The van der Waals surface area contributed by atoms with Crippen molar-refractivity contribution in [2.45, 2.75) is 45.6 Å². The van der Waals surface area contributed by atoms with Crippen LogP contribution in [0.3, 0.4) is 0 Å². The number of aryl methyl sites for hydroxylation is 1. The number of nitrogens with zero attached hydrogens (tertiary/aromatic N) is 2. The second-order valence-corrected chi connectivity index (χ2v) is 5.09. The van der Waals surface area contributed by atoms with Gasteiger partial charge in [0.2, 0.25) is 0 Å².